The molecule has 0 aliphatic heterocycles. The van der Waals surface area contributed by atoms with Crippen LogP contribution in [0.15, 0.2) is 29.2 Å². The Bertz CT molecular complexity index is 786. The van der Waals surface area contributed by atoms with E-state index in [0.29, 0.717) is 0 Å². The summed E-state index contributed by atoms with van der Waals surface area (Å²) in [5, 5.41) is 0. The normalized spacial score (nSPS) is 13.7. The summed E-state index contributed by atoms with van der Waals surface area (Å²) in [4.78, 5) is 0.0137. The third kappa shape index (κ3) is 6.13. The van der Waals surface area contributed by atoms with E-state index in [0.717, 1.165) is 0 Å². The van der Waals surface area contributed by atoms with Crippen molar-refractivity contribution in [1.82, 2.24) is 4.72 Å². The highest BCUT2D eigenvalue weighted by molar-refractivity contribution is 7.89. The Balaban J connectivity index is 2.69. The van der Waals surface area contributed by atoms with E-state index < -0.39 is 37.9 Å². The van der Waals surface area contributed by atoms with E-state index in [9.17, 15) is 30.0 Å². The molecule has 0 saturated carbocycles. The van der Waals surface area contributed by atoms with E-state index in [1.165, 1.54) is 45.2 Å². The molecule has 0 heterocycles. The number of hydrogen-bond acceptors (Lipinski definition) is 6. The first kappa shape index (κ1) is 21.7. The highest BCUT2D eigenvalue weighted by Gasteiger charge is 2.47. The zero-order valence-corrected chi connectivity index (χ0v) is 15.3. The van der Waals surface area contributed by atoms with Crippen molar-refractivity contribution in [1.29, 1.82) is 0 Å². The number of sulfonamides is 1. The molecule has 0 unspecified atom stereocenters. The molecule has 0 atom stereocenters. The number of nitrogens with one attached hydrogen (secondary N) is 1. The number of halogens is 3. The molecule has 1 aromatic carbocycles. The Morgan fingerprint density at radius 1 is 1.04 bits per heavy atom. The lowest BCUT2D eigenvalue weighted by Crippen LogP contribution is -2.32. The first-order chi connectivity index (χ1) is 11.2. The molecule has 1 rings (SSSR count). The first-order valence-electron chi connectivity index (χ1n) is 6.88. The monoisotopic (exact) mass is 405 g/mol. The van der Waals surface area contributed by atoms with Gasteiger partial charge in [-0.15, -0.1) is 0 Å². The average Bonchev–Trinajstić information content (AvgIpc) is 2.45. The smallest absolute Gasteiger partial charge is 0.488 e. The summed E-state index contributed by atoms with van der Waals surface area (Å²) in [6, 6.07) is 5.34. The summed E-state index contributed by atoms with van der Waals surface area (Å²) in [5.74, 6) is 0.263. The van der Waals surface area contributed by atoms with Gasteiger partial charge in [-0.3, -0.25) is 4.18 Å². The highest BCUT2D eigenvalue weighted by atomic mass is 32.2. The molecule has 0 aliphatic rings. The predicted octanol–water partition coefficient (Wildman–Crippen LogP) is 2.01. The predicted molar refractivity (Wildman–Crippen MR) is 82.9 cm³/mol. The van der Waals surface area contributed by atoms with Crippen molar-refractivity contribution in [3.8, 4) is 5.75 Å². The van der Waals surface area contributed by atoms with Crippen molar-refractivity contribution in [3.63, 3.8) is 0 Å². The molecule has 0 bridgehead atoms. The lowest BCUT2D eigenvalue weighted by Gasteiger charge is -2.26. The molecule has 0 saturated heterocycles. The van der Waals surface area contributed by atoms with E-state index in [1.54, 1.807) is 0 Å². The molecular formula is C13H18F3NO6S2. The van der Waals surface area contributed by atoms with Crippen LogP contribution in [0.5, 0.6) is 5.75 Å². The van der Waals surface area contributed by atoms with Crippen molar-refractivity contribution in [2.45, 2.75) is 36.3 Å². The summed E-state index contributed by atoms with van der Waals surface area (Å²) < 4.78 is 92.9. The minimum Gasteiger partial charge on any atom is -0.488 e. The average molecular weight is 405 g/mol. The fraction of sp³-hybridized carbons (Fsp3) is 0.538. The van der Waals surface area contributed by atoms with Gasteiger partial charge >= 0.3 is 15.6 Å². The maximum absolute atomic E-state index is 12.2. The first-order valence-corrected chi connectivity index (χ1v) is 9.78. The van der Waals surface area contributed by atoms with E-state index in [4.69, 9.17) is 4.74 Å². The van der Waals surface area contributed by atoms with Crippen molar-refractivity contribution < 1.29 is 38.9 Å². The summed E-state index contributed by atoms with van der Waals surface area (Å²) in [5.41, 5.74) is -6.53. The van der Waals surface area contributed by atoms with Crippen LogP contribution in [-0.2, 0) is 24.3 Å². The molecule has 0 radical (unpaired) electrons. The molecule has 25 heavy (non-hydrogen) atoms. The molecule has 0 aromatic heterocycles. The molecule has 1 N–H and O–H groups in total. The number of hydrogen-bond donors (Lipinski definition) is 1. The second kappa shape index (κ2) is 7.48. The summed E-state index contributed by atoms with van der Waals surface area (Å²) in [6.45, 7) is 2.32. The zero-order valence-electron chi connectivity index (χ0n) is 13.6. The van der Waals surface area contributed by atoms with Crippen LogP contribution in [0.4, 0.5) is 13.2 Å². The molecule has 7 nitrogen and oxygen atoms in total. The van der Waals surface area contributed by atoms with Crippen LogP contribution in [0.1, 0.15) is 20.3 Å². The van der Waals surface area contributed by atoms with Crippen molar-refractivity contribution in [3.05, 3.63) is 24.3 Å². The van der Waals surface area contributed by atoms with E-state index in [2.05, 4.69) is 8.91 Å². The van der Waals surface area contributed by atoms with Gasteiger partial charge < -0.3 is 4.74 Å². The molecule has 0 spiro atoms. The molecule has 144 valence electrons. The van der Waals surface area contributed by atoms with Gasteiger partial charge in [0.1, 0.15) is 11.4 Å². The largest absolute Gasteiger partial charge is 0.523 e. The summed E-state index contributed by atoms with van der Waals surface area (Å²) in [6.07, 6.45) is -0.154. The number of ether oxygens (including phenoxy) is 1. The third-order valence-corrected chi connectivity index (χ3v) is 5.50. The minimum absolute atomic E-state index is 0.0137. The van der Waals surface area contributed by atoms with Gasteiger partial charge in [-0.1, -0.05) is 0 Å². The minimum atomic E-state index is -5.65. The van der Waals surface area contributed by atoms with Crippen LogP contribution in [0.25, 0.3) is 0 Å². The topological polar surface area (TPSA) is 98.8 Å². The number of alkyl halides is 3. The van der Waals surface area contributed by atoms with Gasteiger partial charge in [-0.2, -0.15) is 21.6 Å². The fourth-order valence-corrected chi connectivity index (χ4v) is 2.81. The third-order valence-electron chi connectivity index (χ3n) is 3.02. The van der Waals surface area contributed by atoms with Gasteiger partial charge in [0.05, 0.1) is 11.5 Å². The van der Waals surface area contributed by atoms with Gasteiger partial charge in [-0.25, -0.2) is 13.1 Å². The van der Waals surface area contributed by atoms with Gasteiger partial charge in [0.25, 0.3) is 0 Å². The highest BCUT2D eigenvalue weighted by Crippen LogP contribution is 2.26. The Morgan fingerprint density at radius 3 is 2.00 bits per heavy atom. The standard InChI is InChI=1S/C13H18F3NO6S2/c1-12(2,8-9-22-25(20,21)13(14,15)16)23-10-4-6-11(7-5-10)24(18,19)17-3/h4-7,17H,8-9H2,1-3H3. The summed E-state index contributed by atoms with van der Waals surface area (Å²) in [7, 11) is -7.99. The molecule has 0 fully saturated rings. The van der Waals surface area contributed by atoms with Gasteiger partial charge in [0, 0.05) is 6.42 Å². The van der Waals surface area contributed by atoms with Crippen molar-refractivity contribution in [2.75, 3.05) is 13.7 Å². The Kier molecular flexibility index (Phi) is 6.48. The molecule has 12 heteroatoms. The number of benzene rings is 1. The van der Waals surface area contributed by atoms with Crippen molar-refractivity contribution >= 4 is 20.1 Å². The van der Waals surface area contributed by atoms with Crippen LogP contribution in [0, 0.1) is 0 Å². The van der Waals surface area contributed by atoms with Crippen LogP contribution < -0.4 is 9.46 Å². The lowest BCUT2D eigenvalue weighted by molar-refractivity contribution is -0.0553. The number of rotatable bonds is 8. The van der Waals surface area contributed by atoms with Crippen LogP contribution in [-0.4, -0.2) is 41.6 Å². The van der Waals surface area contributed by atoms with Crippen LogP contribution >= 0.6 is 0 Å². The molecule has 0 amide bonds. The van der Waals surface area contributed by atoms with Gasteiger partial charge in [0.15, 0.2) is 0 Å². The second-order valence-electron chi connectivity index (χ2n) is 5.51. The maximum atomic E-state index is 12.2. The van der Waals surface area contributed by atoms with Gasteiger partial charge in [-0.05, 0) is 45.2 Å². The van der Waals surface area contributed by atoms with E-state index >= 15 is 0 Å². The fourth-order valence-electron chi connectivity index (χ4n) is 1.64. The van der Waals surface area contributed by atoms with Crippen LogP contribution in [0.2, 0.25) is 0 Å². The van der Waals surface area contributed by atoms with Crippen molar-refractivity contribution in [2.24, 2.45) is 0 Å². The molecular weight excluding hydrogens is 387 g/mol. The Labute approximate surface area is 144 Å². The van der Waals surface area contributed by atoms with E-state index in [1.807, 2.05) is 0 Å². The second-order valence-corrected chi connectivity index (χ2v) is 9.01. The quantitative estimate of drug-likeness (QED) is 0.525. The van der Waals surface area contributed by atoms with Gasteiger partial charge in [0.2, 0.25) is 10.0 Å². The SMILES string of the molecule is CNS(=O)(=O)c1ccc(OC(C)(C)CCOS(=O)(=O)C(F)(F)F)cc1. The van der Waals surface area contributed by atoms with E-state index in [-0.39, 0.29) is 17.1 Å². The molecule has 1 aromatic rings. The van der Waals surface area contributed by atoms with Crippen LogP contribution in [0.3, 0.4) is 0 Å². The molecule has 0 aliphatic carbocycles. The zero-order chi connectivity index (χ0) is 19.5. The lowest BCUT2D eigenvalue weighted by atomic mass is 10.1. The maximum Gasteiger partial charge on any atom is 0.523 e. The summed E-state index contributed by atoms with van der Waals surface area (Å²) >= 11 is 0. The Hall–Kier alpha value is -1.37. The Morgan fingerprint density at radius 2 is 1.56 bits per heavy atom.